The van der Waals surface area contributed by atoms with Crippen molar-refractivity contribution in [2.45, 2.75) is 33.8 Å². The lowest BCUT2D eigenvalue weighted by Crippen LogP contribution is -2.09. The van der Waals surface area contributed by atoms with E-state index in [1.165, 1.54) is 0 Å². The molecule has 1 heterocycles. The van der Waals surface area contributed by atoms with Gasteiger partial charge in [0.1, 0.15) is 17.5 Å². The third-order valence-electron chi connectivity index (χ3n) is 4.75. The summed E-state index contributed by atoms with van der Waals surface area (Å²) < 4.78 is 5.26. The average molecular weight is 235 g/mol. The summed E-state index contributed by atoms with van der Waals surface area (Å²) >= 11 is 0. The molecular formula is C14H21NO2. The average Bonchev–Trinajstić information content (AvgIpc) is 2.68. The number of aromatic nitrogens is 1. The summed E-state index contributed by atoms with van der Waals surface area (Å²) in [5.41, 5.74) is 0.919. The molecule has 1 unspecified atom stereocenters. The van der Waals surface area contributed by atoms with Gasteiger partial charge in [-0.25, -0.2) is 0 Å². The Kier molecular flexibility index (Phi) is 2.69. The summed E-state index contributed by atoms with van der Waals surface area (Å²) in [7, 11) is 1.61. The molecule has 1 saturated carbocycles. The van der Waals surface area contributed by atoms with Crippen LogP contribution in [0.1, 0.15) is 39.5 Å². The van der Waals surface area contributed by atoms with Gasteiger partial charge in [0.2, 0.25) is 0 Å². The van der Waals surface area contributed by atoms with Crippen LogP contribution in [0.15, 0.2) is 18.3 Å². The van der Waals surface area contributed by atoms with Crippen molar-refractivity contribution in [1.29, 1.82) is 0 Å². The highest BCUT2D eigenvalue weighted by Gasteiger charge is 2.67. The topological polar surface area (TPSA) is 42.4 Å². The van der Waals surface area contributed by atoms with E-state index in [-0.39, 0.29) is 16.7 Å². The van der Waals surface area contributed by atoms with Crippen LogP contribution in [0.5, 0.6) is 5.75 Å². The summed E-state index contributed by atoms with van der Waals surface area (Å²) in [5, 5.41) is 10.5. The number of ether oxygens (including phenoxy) is 1. The highest BCUT2D eigenvalue weighted by Crippen LogP contribution is 2.72. The van der Waals surface area contributed by atoms with Crippen molar-refractivity contribution in [3.8, 4) is 5.75 Å². The van der Waals surface area contributed by atoms with Crippen LogP contribution in [0, 0.1) is 16.7 Å². The molecule has 3 heteroatoms. The molecule has 0 saturated heterocycles. The van der Waals surface area contributed by atoms with E-state index in [0.29, 0.717) is 11.4 Å². The van der Waals surface area contributed by atoms with Crippen molar-refractivity contribution in [2.24, 2.45) is 16.7 Å². The first-order chi connectivity index (χ1) is 7.84. The van der Waals surface area contributed by atoms with Gasteiger partial charge >= 0.3 is 0 Å². The molecule has 17 heavy (non-hydrogen) atoms. The zero-order chi connectivity index (χ0) is 12.8. The Balaban J connectivity index is 2.31. The molecule has 0 aromatic carbocycles. The van der Waals surface area contributed by atoms with E-state index in [4.69, 9.17) is 4.74 Å². The van der Waals surface area contributed by atoms with Gasteiger partial charge in [-0.1, -0.05) is 27.7 Å². The van der Waals surface area contributed by atoms with Crippen LogP contribution in [0.25, 0.3) is 0 Å². The molecule has 1 fully saturated rings. The molecule has 0 amide bonds. The van der Waals surface area contributed by atoms with Crippen LogP contribution >= 0.6 is 0 Å². The predicted molar refractivity (Wildman–Crippen MR) is 66.8 cm³/mol. The normalized spacial score (nSPS) is 23.2. The van der Waals surface area contributed by atoms with Gasteiger partial charge in [0.05, 0.1) is 7.11 Å². The van der Waals surface area contributed by atoms with E-state index in [1.807, 2.05) is 12.1 Å². The first-order valence-corrected chi connectivity index (χ1v) is 6.01. The number of methoxy groups -OCH3 is 1. The fourth-order valence-electron chi connectivity index (χ4n) is 2.99. The van der Waals surface area contributed by atoms with Gasteiger partial charge in [0.15, 0.2) is 0 Å². The van der Waals surface area contributed by atoms with E-state index in [2.05, 4.69) is 32.7 Å². The van der Waals surface area contributed by atoms with E-state index >= 15 is 0 Å². The van der Waals surface area contributed by atoms with Gasteiger partial charge in [0.25, 0.3) is 0 Å². The van der Waals surface area contributed by atoms with Crippen LogP contribution < -0.4 is 4.74 Å². The molecular weight excluding hydrogens is 214 g/mol. The fraction of sp³-hybridized carbons (Fsp3) is 0.643. The minimum absolute atomic E-state index is 0.134. The van der Waals surface area contributed by atoms with Gasteiger partial charge in [-0.05, 0) is 23.0 Å². The summed E-state index contributed by atoms with van der Waals surface area (Å²) in [5.74, 6) is 0.886. The number of hydrogen-bond donors (Lipinski definition) is 1. The quantitative estimate of drug-likeness (QED) is 0.876. The second-order valence-corrected chi connectivity index (χ2v) is 5.96. The van der Waals surface area contributed by atoms with E-state index < -0.39 is 6.10 Å². The van der Waals surface area contributed by atoms with E-state index in [0.717, 1.165) is 0 Å². The predicted octanol–water partition coefficient (Wildman–Crippen LogP) is 2.81. The molecule has 1 aliphatic carbocycles. The van der Waals surface area contributed by atoms with Gasteiger partial charge in [-0.15, -0.1) is 0 Å². The first-order valence-electron chi connectivity index (χ1n) is 6.01. The summed E-state index contributed by atoms with van der Waals surface area (Å²) in [6, 6.07) is 3.66. The highest BCUT2D eigenvalue weighted by atomic mass is 16.5. The van der Waals surface area contributed by atoms with Crippen molar-refractivity contribution >= 4 is 0 Å². The number of pyridine rings is 1. The Morgan fingerprint density at radius 1 is 1.29 bits per heavy atom. The molecule has 1 aromatic rings. The Hall–Kier alpha value is -1.09. The monoisotopic (exact) mass is 235 g/mol. The SMILES string of the molecule is COc1cccnc1C(O)C1C(C)(C)C1(C)C. The highest BCUT2D eigenvalue weighted by molar-refractivity contribution is 5.32. The van der Waals surface area contributed by atoms with Crippen LogP contribution in [0.2, 0.25) is 0 Å². The minimum atomic E-state index is -0.559. The molecule has 1 N–H and O–H groups in total. The zero-order valence-corrected chi connectivity index (χ0v) is 11.2. The molecule has 0 spiro atoms. The molecule has 0 radical (unpaired) electrons. The van der Waals surface area contributed by atoms with Gasteiger partial charge < -0.3 is 9.84 Å². The maximum Gasteiger partial charge on any atom is 0.143 e. The first kappa shape index (κ1) is 12.4. The van der Waals surface area contributed by atoms with Gasteiger partial charge in [-0.2, -0.15) is 0 Å². The lowest BCUT2D eigenvalue weighted by molar-refractivity contribution is 0.123. The second kappa shape index (κ2) is 3.70. The number of rotatable bonds is 3. The lowest BCUT2D eigenvalue weighted by Gasteiger charge is -2.15. The Morgan fingerprint density at radius 3 is 2.35 bits per heavy atom. The second-order valence-electron chi connectivity index (χ2n) is 5.96. The van der Waals surface area contributed by atoms with Gasteiger partial charge in [-0.3, -0.25) is 4.98 Å². The Morgan fingerprint density at radius 2 is 1.88 bits per heavy atom. The minimum Gasteiger partial charge on any atom is -0.495 e. The maximum absolute atomic E-state index is 10.5. The fourth-order valence-corrected chi connectivity index (χ4v) is 2.99. The number of hydrogen-bond acceptors (Lipinski definition) is 3. The van der Waals surface area contributed by atoms with Gasteiger partial charge in [0, 0.05) is 12.1 Å². The summed E-state index contributed by atoms with van der Waals surface area (Å²) in [6.07, 6.45) is 1.14. The Bertz CT molecular complexity index is 412. The van der Waals surface area contributed by atoms with Crippen LogP contribution in [0.3, 0.4) is 0 Å². The third-order valence-corrected chi connectivity index (χ3v) is 4.75. The van der Waals surface area contributed by atoms with Crippen LogP contribution in [0.4, 0.5) is 0 Å². The van der Waals surface area contributed by atoms with Crippen molar-refractivity contribution in [1.82, 2.24) is 4.98 Å². The summed E-state index contributed by atoms with van der Waals surface area (Å²) in [4.78, 5) is 4.27. The molecule has 2 rings (SSSR count). The van der Waals surface area contributed by atoms with Crippen molar-refractivity contribution in [2.75, 3.05) is 7.11 Å². The number of aliphatic hydroxyl groups is 1. The van der Waals surface area contributed by atoms with Crippen LogP contribution in [-0.2, 0) is 0 Å². The number of nitrogens with zero attached hydrogens (tertiary/aromatic N) is 1. The molecule has 0 aliphatic heterocycles. The Labute approximate surface area is 103 Å². The maximum atomic E-state index is 10.5. The third kappa shape index (κ3) is 1.64. The molecule has 3 nitrogen and oxygen atoms in total. The molecule has 0 bridgehead atoms. The standard InChI is InChI=1S/C14H21NO2/c1-13(2)12(14(13,3)4)11(16)10-9(17-5)7-6-8-15-10/h6-8,11-12,16H,1-5H3. The molecule has 1 aromatic heterocycles. The molecule has 94 valence electrons. The summed E-state index contributed by atoms with van der Waals surface area (Å²) in [6.45, 7) is 8.76. The lowest BCUT2D eigenvalue weighted by atomic mass is 10.0. The van der Waals surface area contributed by atoms with E-state index in [1.54, 1.807) is 13.3 Å². The van der Waals surface area contributed by atoms with Crippen molar-refractivity contribution in [3.05, 3.63) is 24.0 Å². The largest absolute Gasteiger partial charge is 0.495 e. The molecule has 1 aliphatic rings. The molecule has 1 atom stereocenters. The van der Waals surface area contributed by atoms with Crippen LogP contribution in [-0.4, -0.2) is 17.2 Å². The van der Waals surface area contributed by atoms with Crippen molar-refractivity contribution in [3.63, 3.8) is 0 Å². The smallest absolute Gasteiger partial charge is 0.143 e. The van der Waals surface area contributed by atoms with E-state index in [9.17, 15) is 5.11 Å². The zero-order valence-electron chi connectivity index (χ0n) is 11.2. The van der Waals surface area contributed by atoms with Crippen molar-refractivity contribution < 1.29 is 9.84 Å². The number of aliphatic hydroxyl groups excluding tert-OH is 1.